The van der Waals surface area contributed by atoms with Crippen molar-refractivity contribution >= 4 is 0 Å². The Kier molecular flexibility index (Phi) is 5.40. The van der Waals surface area contributed by atoms with E-state index in [1.54, 1.807) is 0 Å². The quantitative estimate of drug-likeness (QED) is 0.821. The molecule has 2 nitrogen and oxygen atoms in total. The van der Waals surface area contributed by atoms with Crippen molar-refractivity contribution in [3.8, 4) is 5.75 Å². The highest BCUT2D eigenvalue weighted by atomic mass is 16.5. The summed E-state index contributed by atoms with van der Waals surface area (Å²) in [5.74, 6) is 0.969. The molecule has 112 valence electrons. The zero-order chi connectivity index (χ0) is 15.2. The van der Waals surface area contributed by atoms with E-state index in [1.165, 1.54) is 16.7 Å². The van der Waals surface area contributed by atoms with Gasteiger partial charge in [-0.15, -0.1) is 0 Å². The number of benzene rings is 2. The molecule has 0 aliphatic rings. The van der Waals surface area contributed by atoms with Crippen molar-refractivity contribution < 1.29 is 4.74 Å². The lowest BCUT2D eigenvalue weighted by atomic mass is 10.00. The fourth-order valence-corrected chi connectivity index (χ4v) is 2.75. The molecule has 0 amide bonds. The highest BCUT2D eigenvalue weighted by Gasteiger charge is 2.15. The summed E-state index contributed by atoms with van der Waals surface area (Å²) in [6.45, 7) is 9.27. The van der Waals surface area contributed by atoms with E-state index in [9.17, 15) is 0 Å². The van der Waals surface area contributed by atoms with Crippen LogP contribution in [0.5, 0.6) is 5.75 Å². The van der Waals surface area contributed by atoms with Gasteiger partial charge in [-0.25, -0.2) is 0 Å². The smallest absolute Gasteiger partial charge is 0.124 e. The second-order valence-corrected chi connectivity index (χ2v) is 5.44. The third-order valence-corrected chi connectivity index (χ3v) is 3.84. The van der Waals surface area contributed by atoms with Crippen molar-refractivity contribution in [2.75, 3.05) is 6.61 Å². The highest BCUT2D eigenvalue weighted by Crippen LogP contribution is 2.27. The van der Waals surface area contributed by atoms with Gasteiger partial charge in [0.1, 0.15) is 5.75 Å². The zero-order valence-electron chi connectivity index (χ0n) is 13.4. The predicted molar refractivity (Wildman–Crippen MR) is 88.8 cm³/mol. The summed E-state index contributed by atoms with van der Waals surface area (Å²) in [5.41, 5.74) is 3.88. The maximum Gasteiger partial charge on any atom is 0.124 e. The van der Waals surface area contributed by atoms with Crippen LogP contribution in [-0.2, 0) is 0 Å². The third kappa shape index (κ3) is 3.85. The highest BCUT2D eigenvalue weighted by molar-refractivity contribution is 5.36. The number of hydrogen-bond donors (Lipinski definition) is 1. The second-order valence-electron chi connectivity index (χ2n) is 5.44. The third-order valence-electron chi connectivity index (χ3n) is 3.84. The van der Waals surface area contributed by atoms with E-state index in [1.807, 2.05) is 19.1 Å². The molecule has 0 aliphatic carbocycles. The Hall–Kier alpha value is -1.80. The molecule has 0 aromatic heterocycles. The average Bonchev–Trinajstić information content (AvgIpc) is 2.48. The number of ether oxygens (including phenoxy) is 1. The molecule has 2 rings (SSSR count). The van der Waals surface area contributed by atoms with Crippen LogP contribution < -0.4 is 10.1 Å². The largest absolute Gasteiger partial charge is 0.494 e. The number of para-hydroxylation sites is 1. The summed E-state index contributed by atoms with van der Waals surface area (Å²) >= 11 is 0. The minimum atomic E-state index is 0.238. The van der Waals surface area contributed by atoms with Crippen molar-refractivity contribution in [3.05, 3.63) is 65.2 Å². The average molecular weight is 283 g/mol. The Morgan fingerprint density at radius 2 is 1.48 bits per heavy atom. The van der Waals surface area contributed by atoms with Gasteiger partial charge in [-0.2, -0.15) is 0 Å². The number of rotatable bonds is 6. The van der Waals surface area contributed by atoms with Gasteiger partial charge in [-0.3, -0.25) is 0 Å². The lowest BCUT2D eigenvalue weighted by Gasteiger charge is -2.23. The number of hydrogen-bond acceptors (Lipinski definition) is 2. The molecular weight excluding hydrogens is 258 g/mol. The van der Waals surface area contributed by atoms with Crippen LogP contribution in [0.4, 0.5) is 0 Å². The summed E-state index contributed by atoms with van der Waals surface area (Å²) < 4.78 is 5.73. The summed E-state index contributed by atoms with van der Waals surface area (Å²) in [5, 5.41) is 3.67. The summed E-state index contributed by atoms with van der Waals surface area (Å²) in [6.07, 6.45) is 0. The summed E-state index contributed by atoms with van der Waals surface area (Å²) in [4.78, 5) is 0. The van der Waals surface area contributed by atoms with Gasteiger partial charge >= 0.3 is 0 Å². The van der Waals surface area contributed by atoms with Crippen LogP contribution in [-0.4, -0.2) is 6.61 Å². The van der Waals surface area contributed by atoms with Crippen molar-refractivity contribution in [1.29, 1.82) is 0 Å². The van der Waals surface area contributed by atoms with Crippen LogP contribution in [0.3, 0.4) is 0 Å². The Morgan fingerprint density at radius 1 is 0.905 bits per heavy atom. The van der Waals surface area contributed by atoms with Crippen molar-refractivity contribution in [2.24, 2.45) is 0 Å². The minimum absolute atomic E-state index is 0.238. The van der Waals surface area contributed by atoms with E-state index >= 15 is 0 Å². The van der Waals surface area contributed by atoms with Crippen molar-refractivity contribution in [1.82, 2.24) is 5.32 Å². The molecule has 2 aromatic carbocycles. The molecular formula is C19H25NO. The molecule has 2 heteroatoms. The predicted octanol–water partition coefficient (Wildman–Crippen LogP) is 4.81. The molecule has 0 aliphatic heterocycles. The van der Waals surface area contributed by atoms with Gasteiger partial charge in [0.2, 0.25) is 0 Å². The maximum atomic E-state index is 5.73. The molecule has 0 radical (unpaired) electrons. The fourth-order valence-electron chi connectivity index (χ4n) is 2.75. The molecule has 0 heterocycles. The van der Waals surface area contributed by atoms with E-state index < -0.39 is 0 Å². The molecule has 0 saturated carbocycles. The fraction of sp³-hybridized carbons (Fsp3) is 0.368. The van der Waals surface area contributed by atoms with E-state index in [0.717, 1.165) is 5.75 Å². The van der Waals surface area contributed by atoms with Crippen LogP contribution in [0.2, 0.25) is 0 Å². The SMILES string of the molecule is CCOc1ccccc1C(C)N[C@H](C)c1ccccc1C. The Labute approximate surface area is 128 Å². The van der Waals surface area contributed by atoms with Gasteiger partial charge in [0.25, 0.3) is 0 Å². The van der Waals surface area contributed by atoms with E-state index in [4.69, 9.17) is 4.74 Å². The molecule has 0 fully saturated rings. The Balaban J connectivity index is 2.14. The molecule has 2 aromatic rings. The van der Waals surface area contributed by atoms with Crippen molar-refractivity contribution in [3.63, 3.8) is 0 Å². The van der Waals surface area contributed by atoms with Crippen molar-refractivity contribution in [2.45, 2.75) is 39.8 Å². The molecule has 0 bridgehead atoms. The van der Waals surface area contributed by atoms with Gasteiger partial charge in [-0.1, -0.05) is 42.5 Å². The van der Waals surface area contributed by atoms with Crippen LogP contribution in [0.1, 0.15) is 49.5 Å². The van der Waals surface area contributed by atoms with Crippen LogP contribution in [0, 0.1) is 6.92 Å². The monoisotopic (exact) mass is 283 g/mol. The number of nitrogens with one attached hydrogen (secondary N) is 1. The maximum absolute atomic E-state index is 5.73. The normalized spacial score (nSPS) is 13.7. The van der Waals surface area contributed by atoms with E-state index in [0.29, 0.717) is 12.6 Å². The zero-order valence-corrected chi connectivity index (χ0v) is 13.4. The van der Waals surface area contributed by atoms with Gasteiger partial charge in [0.15, 0.2) is 0 Å². The van der Waals surface area contributed by atoms with Gasteiger partial charge < -0.3 is 10.1 Å². The van der Waals surface area contributed by atoms with Gasteiger partial charge in [-0.05, 0) is 44.9 Å². The molecule has 0 saturated heterocycles. The lowest BCUT2D eigenvalue weighted by Crippen LogP contribution is -2.23. The van der Waals surface area contributed by atoms with Crippen LogP contribution in [0.15, 0.2) is 48.5 Å². The topological polar surface area (TPSA) is 21.3 Å². The van der Waals surface area contributed by atoms with Crippen LogP contribution >= 0.6 is 0 Å². The summed E-state index contributed by atoms with van der Waals surface area (Å²) in [7, 11) is 0. The second kappa shape index (κ2) is 7.28. The first-order valence-corrected chi connectivity index (χ1v) is 7.66. The minimum Gasteiger partial charge on any atom is -0.494 e. The molecule has 21 heavy (non-hydrogen) atoms. The Bertz CT molecular complexity index is 579. The molecule has 2 atom stereocenters. The first-order chi connectivity index (χ1) is 10.1. The van der Waals surface area contributed by atoms with E-state index in [2.05, 4.69) is 62.5 Å². The lowest BCUT2D eigenvalue weighted by molar-refractivity contribution is 0.331. The standard InChI is InChI=1S/C19H25NO/c1-5-21-19-13-9-8-12-18(19)16(4)20-15(3)17-11-7-6-10-14(17)2/h6-13,15-16,20H,5H2,1-4H3/t15-,16?/m1/s1. The van der Waals surface area contributed by atoms with E-state index in [-0.39, 0.29) is 6.04 Å². The van der Waals surface area contributed by atoms with Crippen LogP contribution in [0.25, 0.3) is 0 Å². The van der Waals surface area contributed by atoms with Gasteiger partial charge in [0, 0.05) is 17.6 Å². The first kappa shape index (κ1) is 15.6. The molecule has 1 unspecified atom stereocenters. The Morgan fingerprint density at radius 3 is 2.14 bits per heavy atom. The summed E-state index contributed by atoms with van der Waals surface area (Å²) in [6, 6.07) is 17.3. The van der Waals surface area contributed by atoms with Gasteiger partial charge in [0.05, 0.1) is 6.61 Å². The molecule has 0 spiro atoms. The first-order valence-electron chi connectivity index (χ1n) is 7.66. The molecule has 1 N–H and O–H groups in total. The number of aryl methyl sites for hydroxylation is 1.